The number of thiazole rings is 1. The molecule has 2 unspecified atom stereocenters. The average molecular weight is 282 g/mol. The molecule has 0 amide bonds. The lowest BCUT2D eigenvalue weighted by Crippen LogP contribution is -2.45. The monoisotopic (exact) mass is 282 g/mol. The standard InChI is InChI=1S/C11H17F3N2OS/c1-5-10(2,16(3)4)8(17)7-6-15-9(18-7)11(12,13)14/h6,8,17H,5H2,1-4H3. The third-order valence-corrected chi connectivity index (χ3v) is 4.46. The Morgan fingerprint density at radius 1 is 1.44 bits per heavy atom. The fourth-order valence-corrected chi connectivity index (χ4v) is 2.52. The van der Waals surface area contributed by atoms with Crippen molar-refractivity contribution in [3.05, 3.63) is 16.1 Å². The van der Waals surface area contributed by atoms with Gasteiger partial charge in [-0.05, 0) is 27.4 Å². The fourth-order valence-electron chi connectivity index (χ4n) is 1.60. The van der Waals surface area contributed by atoms with Crippen LogP contribution >= 0.6 is 11.3 Å². The summed E-state index contributed by atoms with van der Waals surface area (Å²) in [6, 6.07) is 0. The van der Waals surface area contributed by atoms with Crippen LogP contribution in [0.3, 0.4) is 0 Å². The molecule has 1 N–H and O–H groups in total. The Morgan fingerprint density at radius 3 is 2.33 bits per heavy atom. The minimum Gasteiger partial charge on any atom is -0.386 e. The van der Waals surface area contributed by atoms with E-state index in [9.17, 15) is 18.3 Å². The highest BCUT2D eigenvalue weighted by molar-refractivity contribution is 7.11. The summed E-state index contributed by atoms with van der Waals surface area (Å²) >= 11 is 0.495. The Balaban J connectivity index is 3.04. The van der Waals surface area contributed by atoms with E-state index < -0.39 is 22.8 Å². The first kappa shape index (κ1) is 15.4. The zero-order chi connectivity index (χ0) is 14.1. The van der Waals surface area contributed by atoms with Crippen molar-refractivity contribution >= 4 is 11.3 Å². The van der Waals surface area contributed by atoms with E-state index in [0.717, 1.165) is 6.20 Å². The molecule has 0 aliphatic heterocycles. The summed E-state index contributed by atoms with van der Waals surface area (Å²) in [6.45, 7) is 3.69. The van der Waals surface area contributed by atoms with Crippen molar-refractivity contribution in [2.45, 2.75) is 38.1 Å². The molecule has 2 atom stereocenters. The smallest absolute Gasteiger partial charge is 0.386 e. The van der Waals surface area contributed by atoms with Crippen LogP contribution in [0.1, 0.15) is 36.3 Å². The second-order valence-corrected chi connectivity index (χ2v) is 5.64. The van der Waals surface area contributed by atoms with Crippen molar-refractivity contribution in [1.29, 1.82) is 0 Å². The maximum atomic E-state index is 12.5. The van der Waals surface area contributed by atoms with Gasteiger partial charge in [-0.25, -0.2) is 4.98 Å². The van der Waals surface area contributed by atoms with Crippen molar-refractivity contribution in [3.8, 4) is 0 Å². The number of hydrogen-bond acceptors (Lipinski definition) is 4. The Bertz CT molecular complexity index is 405. The van der Waals surface area contributed by atoms with Crippen molar-refractivity contribution < 1.29 is 18.3 Å². The van der Waals surface area contributed by atoms with Crippen LogP contribution in [0.25, 0.3) is 0 Å². The molecule has 0 saturated carbocycles. The number of halogens is 3. The number of rotatable bonds is 4. The molecule has 0 aromatic carbocycles. The predicted octanol–water partition coefficient (Wildman–Crippen LogP) is 2.93. The molecule has 104 valence electrons. The number of aliphatic hydroxyl groups excluding tert-OH is 1. The molecule has 0 spiro atoms. The summed E-state index contributed by atoms with van der Waals surface area (Å²) in [7, 11) is 3.58. The van der Waals surface area contributed by atoms with E-state index in [1.807, 2.05) is 18.7 Å². The SMILES string of the molecule is CCC(C)(C(O)c1cnc(C(F)(F)F)s1)N(C)C. The lowest BCUT2D eigenvalue weighted by molar-refractivity contribution is -0.137. The molecule has 1 rings (SSSR count). The second kappa shape index (κ2) is 5.14. The number of nitrogens with zero attached hydrogens (tertiary/aromatic N) is 2. The van der Waals surface area contributed by atoms with Crippen molar-refractivity contribution in [3.63, 3.8) is 0 Å². The number of aliphatic hydroxyl groups is 1. The van der Waals surface area contributed by atoms with Crippen LogP contribution in [0, 0.1) is 0 Å². The highest BCUT2D eigenvalue weighted by atomic mass is 32.1. The van der Waals surface area contributed by atoms with E-state index in [2.05, 4.69) is 4.98 Å². The first-order chi connectivity index (χ1) is 8.13. The summed E-state index contributed by atoms with van der Waals surface area (Å²) in [5.41, 5.74) is -0.616. The molecule has 0 radical (unpaired) electrons. The lowest BCUT2D eigenvalue weighted by atomic mass is 9.89. The van der Waals surface area contributed by atoms with Crippen LogP contribution in [0.15, 0.2) is 6.20 Å². The van der Waals surface area contributed by atoms with E-state index in [0.29, 0.717) is 17.8 Å². The fraction of sp³-hybridized carbons (Fsp3) is 0.727. The number of aromatic nitrogens is 1. The van der Waals surface area contributed by atoms with Gasteiger partial charge in [0, 0.05) is 11.7 Å². The summed E-state index contributed by atoms with van der Waals surface area (Å²) in [6.07, 6.45) is -3.73. The van der Waals surface area contributed by atoms with Gasteiger partial charge in [-0.1, -0.05) is 6.92 Å². The number of alkyl halides is 3. The summed E-state index contributed by atoms with van der Waals surface area (Å²) in [5.74, 6) is 0. The van der Waals surface area contributed by atoms with Gasteiger partial charge in [0.05, 0.1) is 4.88 Å². The summed E-state index contributed by atoms with van der Waals surface area (Å²) < 4.78 is 37.4. The van der Waals surface area contributed by atoms with E-state index >= 15 is 0 Å². The first-order valence-corrected chi connectivity index (χ1v) is 6.33. The van der Waals surface area contributed by atoms with Gasteiger partial charge in [0.25, 0.3) is 0 Å². The third kappa shape index (κ3) is 2.84. The molecule has 1 aromatic heterocycles. The molecule has 0 bridgehead atoms. The summed E-state index contributed by atoms with van der Waals surface area (Å²) in [4.78, 5) is 5.38. The van der Waals surface area contributed by atoms with E-state index in [-0.39, 0.29) is 4.88 Å². The zero-order valence-corrected chi connectivity index (χ0v) is 11.6. The predicted molar refractivity (Wildman–Crippen MR) is 64.5 cm³/mol. The van der Waals surface area contributed by atoms with Crippen molar-refractivity contribution in [2.75, 3.05) is 14.1 Å². The van der Waals surface area contributed by atoms with Gasteiger partial charge < -0.3 is 10.0 Å². The Morgan fingerprint density at radius 2 is 2.00 bits per heavy atom. The minimum absolute atomic E-state index is 0.236. The maximum Gasteiger partial charge on any atom is 0.443 e. The quantitative estimate of drug-likeness (QED) is 0.922. The largest absolute Gasteiger partial charge is 0.443 e. The molecule has 0 aliphatic carbocycles. The molecule has 0 saturated heterocycles. The number of hydrogen-bond donors (Lipinski definition) is 1. The zero-order valence-electron chi connectivity index (χ0n) is 10.7. The van der Waals surface area contributed by atoms with Gasteiger partial charge in [0.2, 0.25) is 0 Å². The van der Waals surface area contributed by atoms with E-state index in [1.54, 1.807) is 14.1 Å². The van der Waals surface area contributed by atoms with Gasteiger partial charge in [-0.15, -0.1) is 11.3 Å². The third-order valence-electron chi connectivity index (χ3n) is 3.36. The van der Waals surface area contributed by atoms with Gasteiger partial charge in [-0.3, -0.25) is 0 Å². The molecule has 1 heterocycles. The van der Waals surface area contributed by atoms with Crippen LogP contribution in [-0.2, 0) is 6.18 Å². The molecule has 7 heteroatoms. The highest BCUT2D eigenvalue weighted by Gasteiger charge is 2.39. The summed E-state index contributed by atoms with van der Waals surface area (Å²) in [5, 5.41) is 9.33. The van der Waals surface area contributed by atoms with Gasteiger partial charge >= 0.3 is 6.18 Å². The average Bonchev–Trinajstić information content (AvgIpc) is 2.75. The number of likely N-dealkylation sites (N-methyl/N-ethyl adjacent to an activating group) is 1. The van der Waals surface area contributed by atoms with Crippen LogP contribution in [0.5, 0.6) is 0 Å². The topological polar surface area (TPSA) is 36.4 Å². The minimum atomic E-state index is -4.45. The Hall–Kier alpha value is -0.660. The van der Waals surface area contributed by atoms with Crippen LogP contribution in [-0.4, -0.2) is 34.6 Å². The van der Waals surface area contributed by atoms with Crippen LogP contribution in [0.4, 0.5) is 13.2 Å². The van der Waals surface area contributed by atoms with E-state index in [1.165, 1.54) is 0 Å². The van der Waals surface area contributed by atoms with Crippen molar-refractivity contribution in [1.82, 2.24) is 9.88 Å². The normalized spacial score (nSPS) is 17.8. The molecule has 0 fully saturated rings. The molecule has 1 aromatic rings. The Kier molecular flexibility index (Phi) is 4.40. The van der Waals surface area contributed by atoms with Crippen molar-refractivity contribution in [2.24, 2.45) is 0 Å². The van der Waals surface area contributed by atoms with Gasteiger partial charge in [-0.2, -0.15) is 13.2 Å². The van der Waals surface area contributed by atoms with E-state index in [4.69, 9.17) is 0 Å². The lowest BCUT2D eigenvalue weighted by Gasteiger charge is -2.39. The van der Waals surface area contributed by atoms with Crippen LogP contribution < -0.4 is 0 Å². The second-order valence-electron chi connectivity index (χ2n) is 4.57. The van der Waals surface area contributed by atoms with Gasteiger partial charge in [0.15, 0.2) is 5.01 Å². The molecular formula is C11H17F3N2OS. The molecular weight excluding hydrogens is 265 g/mol. The molecule has 0 aliphatic rings. The van der Waals surface area contributed by atoms with Gasteiger partial charge in [0.1, 0.15) is 6.10 Å². The van der Waals surface area contributed by atoms with Crippen LogP contribution in [0.2, 0.25) is 0 Å². The molecule has 3 nitrogen and oxygen atoms in total. The Labute approximate surface area is 108 Å². The highest BCUT2D eigenvalue weighted by Crippen LogP contribution is 2.39. The maximum absolute atomic E-state index is 12.5. The molecule has 18 heavy (non-hydrogen) atoms. The first-order valence-electron chi connectivity index (χ1n) is 5.51.